The molecule has 0 aromatic heterocycles. The molecular weight excluding hydrogens is 286 g/mol. The number of nitro groups is 1. The molecule has 0 aliphatic heterocycles. The van der Waals surface area contributed by atoms with Gasteiger partial charge in [0.15, 0.2) is 4.90 Å². The third kappa shape index (κ3) is 2.97. The molecule has 1 N–H and O–H groups in total. The molecule has 2 rings (SSSR count). The Bertz CT molecular complexity index is 675. The van der Waals surface area contributed by atoms with Crippen LogP contribution in [0.2, 0.25) is 0 Å². The van der Waals surface area contributed by atoms with E-state index < -0.39 is 0 Å². The smallest absolute Gasteiger partial charge is 0.277 e. The monoisotopic (exact) mass is 306 g/mol. The Balaban J connectivity index is 2.79. The second-order valence-corrected chi connectivity index (χ2v) is 8.61. The molecule has 0 spiro atoms. The number of phenolic OH excluding ortho intramolecular Hbond substituents is 1. The maximum Gasteiger partial charge on any atom is 0.277 e. The average molecular weight is 306 g/mol. The lowest BCUT2D eigenvalue weighted by Crippen LogP contribution is -2.24. The molecule has 0 radical (unpaired) electrons. The van der Waals surface area contributed by atoms with Gasteiger partial charge in [0.25, 0.3) is 5.69 Å². The highest BCUT2D eigenvalue weighted by molar-refractivity contribution is 7.98. The van der Waals surface area contributed by atoms with Crippen LogP contribution in [0.4, 0.5) is 5.69 Å². The van der Waals surface area contributed by atoms with Crippen LogP contribution in [-0.2, 0) is 10.9 Å². The van der Waals surface area contributed by atoms with Crippen LogP contribution in [-0.4, -0.2) is 20.5 Å². The molecule has 0 bridgehead atoms. The number of hydrogen-bond acceptors (Lipinski definition) is 3. The highest BCUT2D eigenvalue weighted by atomic mass is 32.2. The first-order valence-electron chi connectivity index (χ1n) is 6.95. The predicted molar refractivity (Wildman–Crippen MR) is 88.2 cm³/mol. The van der Waals surface area contributed by atoms with Crippen molar-refractivity contribution in [2.24, 2.45) is 0 Å². The molecule has 0 saturated heterocycles. The summed E-state index contributed by atoms with van der Waals surface area (Å²) in [4.78, 5) is 11.9. The summed E-state index contributed by atoms with van der Waals surface area (Å²) >= 11 is 0. The predicted octanol–water partition coefficient (Wildman–Crippen LogP) is 4.25. The zero-order valence-electron chi connectivity index (χ0n) is 12.7. The van der Waals surface area contributed by atoms with Gasteiger partial charge in [-0.15, -0.1) is 0 Å². The molecule has 0 atom stereocenters. The number of phenols is 1. The molecule has 0 fully saturated rings. The lowest BCUT2D eigenvalue weighted by Gasteiger charge is -2.17. The molecule has 0 saturated carbocycles. The maximum absolute atomic E-state index is 11.2. The fraction of sp³-hybridized carbons (Fsp3) is 0.375. The molecule has 2 aromatic carbocycles. The summed E-state index contributed by atoms with van der Waals surface area (Å²) in [7, 11) is -0.0293. The minimum Gasteiger partial charge on any atom is -0.508 e. The summed E-state index contributed by atoms with van der Waals surface area (Å²) in [5.41, 5.74) is 0.0878. The summed E-state index contributed by atoms with van der Waals surface area (Å²) in [6.45, 7) is 8.66. The van der Waals surface area contributed by atoms with Crippen LogP contribution in [0.5, 0.6) is 5.75 Å². The summed E-state index contributed by atoms with van der Waals surface area (Å²) < 4.78 is 0. The van der Waals surface area contributed by atoms with Crippen LogP contribution in [0.1, 0.15) is 27.7 Å². The van der Waals surface area contributed by atoms with Crippen molar-refractivity contribution in [3.63, 3.8) is 0 Å². The number of aromatic hydroxyl groups is 1. The number of fused-ring (bicyclic) bond motifs is 1. The molecule has 4 nitrogen and oxygen atoms in total. The Kier molecular flexibility index (Phi) is 4.42. The third-order valence-electron chi connectivity index (χ3n) is 3.40. The second kappa shape index (κ2) is 5.93. The summed E-state index contributed by atoms with van der Waals surface area (Å²) in [5.74, 6) is 0.139. The Labute approximate surface area is 127 Å². The van der Waals surface area contributed by atoms with Crippen molar-refractivity contribution in [3.05, 3.63) is 40.4 Å². The van der Waals surface area contributed by atoms with Crippen molar-refractivity contribution in [1.29, 1.82) is 0 Å². The van der Waals surface area contributed by atoms with E-state index in [1.54, 1.807) is 18.2 Å². The van der Waals surface area contributed by atoms with Gasteiger partial charge in [-0.2, -0.15) is 0 Å². The standard InChI is InChI=1S/C16H19NO3S/c1-10(2)21(11(3)4)16-8-7-15(17(19)20)13-6-5-12(18)9-14(13)16/h5-11H,1-4H3/p+1. The van der Waals surface area contributed by atoms with E-state index in [-0.39, 0.29) is 27.3 Å². The number of nitro benzene ring substituents is 1. The van der Waals surface area contributed by atoms with E-state index in [2.05, 4.69) is 27.7 Å². The van der Waals surface area contributed by atoms with E-state index in [1.807, 2.05) is 6.07 Å². The van der Waals surface area contributed by atoms with Crippen molar-refractivity contribution in [2.75, 3.05) is 0 Å². The van der Waals surface area contributed by atoms with Crippen LogP contribution in [0, 0.1) is 10.1 Å². The first kappa shape index (κ1) is 15.6. The van der Waals surface area contributed by atoms with Crippen molar-refractivity contribution in [2.45, 2.75) is 43.1 Å². The molecule has 2 aromatic rings. The van der Waals surface area contributed by atoms with Crippen molar-refractivity contribution in [3.8, 4) is 5.75 Å². The van der Waals surface area contributed by atoms with Gasteiger partial charge in [0.05, 0.1) is 10.3 Å². The summed E-state index contributed by atoms with van der Waals surface area (Å²) in [6.07, 6.45) is 0. The van der Waals surface area contributed by atoms with Crippen molar-refractivity contribution >= 4 is 27.4 Å². The topological polar surface area (TPSA) is 63.4 Å². The van der Waals surface area contributed by atoms with E-state index in [0.717, 1.165) is 10.3 Å². The molecule has 0 aliphatic carbocycles. The van der Waals surface area contributed by atoms with E-state index in [0.29, 0.717) is 15.9 Å². The Morgan fingerprint density at radius 3 is 2.19 bits per heavy atom. The number of rotatable bonds is 4. The lowest BCUT2D eigenvalue weighted by molar-refractivity contribution is -0.383. The zero-order chi connectivity index (χ0) is 15.7. The first-order chi connectivity index (χ1) is 9.82. The third-order valence-corrected chi connectivity index (χ3v) is 6.30. The first-order valence-corrected chi connectivity index (χ1v) is 8.30. The second-order valence-electron chi connectivity index (χ2n) is 5.54. The SMILES string of the molecule is CC(C)[S+](c1ccc([N+](=O)[O-])c2ccc(O)cc12)C(C)C. The highest BCUT2D eigenvalue weighted by Crippen LogP contribution is 2.36. The van der Waals surface area contributed by atoms with Gasteiger partial charge in [-0.05, 0) is 45.9 Å². The number of non-ortho nitro benzene ring substituents is 1. The van der Waals surface area contributed by atoms with Crippen LogP contribution < -0.4 is 0 Å². The quantitative estimate of drug-likeness (QED) is 0.522. The largest absolute Gasteiger partial charge is 0.508 e. The van der Waals surface area contributed by atoms with Crippen LogP contribution >= 0.6 is 0 Å². The molecule has 21 heavy (non-hydrogen) atoms. The minimum atomic E-state index is -0.369. The molecule has 0 unspecified atom stereocenters. The normalized spacial score (nSPS) is 11.8. The number of benzene rings is 2. The van der Waals surface area contributed by atoms with Gasteiger partial charge in [-0.25, -0.2) is 0 Å². The van der Waals surface area contributed by atoms with Gasteiger partial charge in [-0.1, -0.05) is 0 Å². The molecule has 5 heteroatoms. The molecule has 112 valence electrons. The van der Waals surface area contributed by atoms with Crippen LogP contribution in [0.3, 0.4) is 0 Å². The fourth-order valence-electron chi connectivity index (χ4n) is 2.71. The van der Waals surface area contributed by atoms with Crippen molar-refractivity contribution in [1.82, 2.24) is 0 Å². The fourth-order valence-corrected chi connectivity index (χ4v) is 5.46. The minimum absolute atomic E-state index is 0.0293. The van der Waals surface area contributed by atoms with Crippen molar-refractivity contribution < 1.29 is 10.0 Å². The average Bonchev–Trinajstić information content (AvgIpc) is 2.37. The van der Waals surface area contributed by atoms with Gasteiger partial charge < -0.3 is 5.11 Å². The summed E-state index contributed by atoms with van der Waals surface area (Å²) in [5, 5.41) is 23.2. The molecule has 0 heterocycles. The maximum atomic E-state index is 11.2. The molecular formula is C16H20NO3S+. The van der Waals surface area contributed by atoms with E-state index >= 15 is 0 Å². The Morgan fingerprint density at radius 2 is 1.67 bits per heavy atom. The van der Waals surface area contributed by atoms with Gasteiger partial charge in [0.2, 0.25) is 0 Å². The van der Waals surface area contributed by atoms with Gasteiger partial charge >= 0.3 is 0 Å². The van der Waals surface area contributed by atoms with Gasteiger partial charge in [0.1, 0.15) is 16.2 Å². The Morgan fingerprint density at radius 1 is 1.05 bits per heavy atom. The summed E-state index contributed by atoms with van der Waals surface area (Å²) in [6, 6.07) is 8.21. The highest BCUT2D eigenvalue weighted by Gasteiger charge is 2.33. The van der Waals surface area contributed by atoms with Gasteiger partial charge in [-0.3, -0.25) is 10.1 Å². The van der Waals surface area contributed by atoms with Crippen LogP contribution in [0.25, 0.3) is 10.8 Å². The Hall–Kier alpha value is -1.75. The van der Waals surface area contributed by atoms with E-state index in [4.69, 9.17) is 0 Å². The molecule has 0 amide bonds. The molecule has 0 aliphatic rings. The van der Waals surface area contributed by atoms with E-state index in [1.165, 1.54) is 6.07 Å². The van der Waals surface area contributed by atoms with Gasteiger partial charge in [0, 0.05) is 28.4 Å². The lowest BCUT2D eigenvalue weighted by atomic mass is 10.1. The number of nitrogens with zero attached hydrogens (tertiary/aromatic N) is 1. The van der Waals surface area contributed by atoms with Crippen LogP contribution in [0.15, 0.2) is 35.2 Å². The zero-order valence-corrected chi connectivity index (χ0v) is 13.5. The van der Waals surface area contributed by atoms with E-state index in [9.17, 15) is 15.2 Å². The number of hydrogen-bond donors (Lipinski definition) is 1.